The molecule has 18 heavy (non-hydrogen) atoms. The fraction of sp³-hybridized carbons (Fsp3) is 0.625. The summed E-state index contributed by atoms with van der Waals surface area (Å²) in [5, 5.41) is -0.690. The smallest absolute Gasteiger partial charge is 0.382 e. The monoisotopic (exact) mass is 300 g/mol. The van der Waals surface area contributed by atoms with Crippen molar-refractivity contribution >= 4 is 17.4 Å². The zero-order chi connectivity index (χ0) is 14.9. The number of hydrogen-bond acceptors (Lipinski definition) is 1. The second-order valence-electron chi connectivity index (χ2n) is 3.43. The summed E-state index contributed by atoms with van der Waals surface area (Å²) in [6, 6.07) is 0. The van der Waals surface area contributed by atoms with Gasteiger partial charge in [-0.2, -0.15) is 30.7 Å². The molecule has 0 saturated carbocycles. The van der Waals surface area contributed by atoms with Gasteiger partial charge in [0, 0.05) is 0 Å². The molecule has 0 aromatic carbocycles. The van der Waals surface area contributed by atoms with Crippen LogP contribution in [0.4, 0.5) is 30.7 Å². The van der Waals surface area contributed by atoms with Gasteiger partial charge in [-0.1, -0.05) is 11.6 Å². The highest BCUT2D eigenvalue weighted by molar-refractivity contribution is 6.30. The lowest BCUT2D eigenvalue weighted by Gasteiger charge is -2.27. The Morgan fingerprint density at radius 3 is 1.67 bits per heavy atom. The first kappa shape index (κ1) is 17.0. The maximum absolute atomic E-state index is 12.9. The van der Waals surface area contributed by atoms with Crippen LogP contribution >= 0.6 is 11.6 Å². The molecule has 0 saturated heterocycles. The predicted octanol–water partition coefficient (Wildman–Crippen LogP) is 3.67. The summed E-state index contributed by atoms with van der Waals surface area (Å²) in [7, 11) is 0. The van der Waals surface area contributed by atoms with Crippen LogP contribution in [0.3, 0.4) is 0 Å². The number of amidine groups is 1. The summed E-state index contributed by atoms with van der Waals surface area (Å²) in [6.45, 7) is 2.55. The fourth-order valence-electron chi connectivity index (χ4n) is 0.627. The van der Waals surface area contributed by atoms with Crippen LogP contribution in [0.5, 0.6) is 0 Å². The molecule has 0 fully saturated rings. The molecule has 0 aliphatic heterocycles. The normalized spacial score (nSPS) is 14.7. The number of rotatable bonds is 3. The van der Waals surface area contributed by atoms with Crippen molar-refractivity contribution < 1.29 is 30.7 Å². The van der Waals surface area contributed by atoms with Crippen LogP contribution in [-0.2, 0) is 0 Å². The zero-order valence-electron chi connectivity index (χ0n) is 9.05. The molecule has 0 spiro atoms. The Hall–Kier alpha value is -0.990. The molecule has 0 atom stereocenters. The predicted molar refractivity (Wildman–Crippen MR) is 51.8 cm³/mol. The van der Waals surface area contributed by atoms with Crippen molar-refractivity contribution in [3.63, 3.8) is 0 Å². The summed E-state index contributed by atoms with van der Waals surface area (Å²) in [5.41, 5.74) is 4.59. The molecule has 0 bridgehead atoms. The minimum absolute atomic E-state index is 0.116. The van der Waals surface area contributed by atoms with E-state index in [4.69, 9.17) is 11.6 Å². The minimum atomic E-state index is -6.46. The Morgan fingerprint density at radius 1 is 1.00 bits per heavy atom. The molecule has 0 unspecified atom stereocenters. The van der Waals surface area contributed by atoms with Gasteiger partial charge in [0.2, 0.25) is 0 Å². The first-order valence-corrected chi connectivity index (χ1v) is 4.63. The first-order chi connectivity index (χ1) is 7.75. The van der Waals surface area contributed by atoms with E-state index < -0.39 is 29.0 Å². The molecule has 0 rings (SSSR count). The third-order valence-electron chi connectivity index (χ3n) is 1.70. The van der Waals surface area contributed by atoms with E-state index in [1.807, 2.05) is 0 Å². The van der Waals surface area contributed by atoms with Crippen molar-refractivity contribution in [2.45, 2.75) is 31.9 Å². The van der Waals surface area contributed by atoms with Gasteiger partial charge >= 0.3 is 18.0 Å². The number of nitrogens with two attached hydrogens (primary N) is 1. The van der Waals surface area contributed by atoms with Crippen LogP contribution in [0.15, 0.2) is 15.7 Å². The van der Waals surface area contributed by atoms with Gasteiger partial charge < -0.3 is 5.73 Å². The highest BCUT2D eigenvalue weighted by Gasteiger charge is 2.74. The van der Waals surface area contributed by atoms with Crippen LogP contribution in [0, 0.1) is 0 Å². The molecule has 0 aromatic rings. The van der Waals surface area contributed by atoms with Crippen molar-refractivity contribution in [3.8, 4) is 0 Å². The lowest BCUT2D eigenvalue weighted by molar-refractivity contribution is -0.336. The largest absolute Gasteiger partial charge is 0.460 e. The van der Waals surface area contributed by atoms with E-state index in [1.54, 1.807) is 0 Å². The Bertz CT molecular complexity index is 379. The van der Waals surface area contributed by atoms with Crippen LogP contribution in [0.1, 0.15) is 13.8 Å². The van der Waals surface area contributed by atoms with Gasteiger partial charge in [0.1, 0.15) is 5.16 Å². The molecule has 2 nitrogen and oxygen atoms in total. The summed E-state index contributed by atoms with van der Waals surface area (Å²) in [6.07, 6.45) is -6.46. The highest BCUT2D eigenvalue weighted by atomic mass is 35.5. The fourth-order valence-corrected chi connectivity index (χ4v) is 0.718. The van der Waals surface area contributed by atoms with E-state index in [-0.39, 0.29) is 5.57 Å². The number of alkyl halides is 7. The van der Waals surface area contributed by atoms with E-state index in [1.165, 1.54) is 13.8 Å². The number of allylic oxidation sites excluding steroid dienone is 1. The van der Waals surface area contributed by atoms with Gasteiger partial charge in [0.05, 0.1) is 0 Å². The molecular weight excluding hydrogens is 293 g/mol. The lowest BCUT2D eigenvalue weighted by atomic mass is 10.1. The van der Waals surface area contributed by atoms with Crippen molar-refractivity contribution in [1.82, 2.24) is 0 Å². The molecule has 0 aliphatic carbocycles. The third-order valence-corrected chi connectivity index (χ3v) is 2.17. The average molecular weight is 301 g/mol. The molecule has 0 heterocycles. The lowest BCUT2D eigenvalue weighted by Crippen LogP contribution is -2.58. The van der Waals surface area contributed by atoms with Crippen LogP contribution in [0.25, 0.3) is 0 Å². The van der Waals surface area contributed by atoms with Crippen molar-refractivity contribution in [3.05, 3.63) is 10.7 Å². The molecular formula is C8H8ClF7N2. The molecule has 2 N–H and O–H groups in total. The van der Waals surface area contributed by atoms with E-state index >= 15 is 0 Å². The standard InChI is InChI=1S/C8H8ClF7N2/c1-3(2)4(9)18-5(17)6(10,11)7(12,13)8(14,15)16/h1-2H3,(H2,17,18). The SMILES string of the molecule is CC(C)=C(Cl)/N=C(/N)C(F)(F)C(F)(F)C(F)(F)F. The molecule has 0 aromatic heterocycles. The molecule has 10 heteroatoms. The first-order valence-electron chi connectivity index (χ1n) is 4.25. The van der Waals surface area contributed by atoms with E-state index in [0.29, 0.717) is 0 Å². The van der Waals surface area contributed by atoms with Crippen LogP contribution in [0.2, 0.25) is 0 Å². The summed E-state index contributed by atoms with van der Waals surface area (Å²) < 4.78 is 86.2. The molecule has 106 valence electrons. The van der Waals surface area contributed by atoms with Gasteiger partial charge in [-0.25, -0.2) is 4.99 Å². The third kappa shape index (κ3) is 3.06. The van der Waals surface area contributed by atoms with Crippen molar-refractivity contribution in [1.29, 1.82) is 0 Å². The van der Waals surface area contributed by atoms with E-state index in [9.17, 15) is 30.7 Å². The molecule has 0 amide bonds. The van der Waals surface area contributed by atoms with Gasteiger partial charge in [-0.05, 0) is 19.4 Å². The number of aliphatic imine (C=N–C) groups is 1. The summed E-state index contributed by atoms with van der Waals surface area (Å²) in [5.74, 6) is -14.2. The summed E-state index contributed by atoms with van der Waals surface area (Å²) in [4.78, 5) is 2.64. The second-order valence-corrected chi connectivity index (χ2v) is 3.79. The Labute approximate surface area is 102 Å². The Morgan fingerprint density at radius 2 is 1.39 bits per heavy atom. The quantitative estimate of drug-likeness (QED) is 0.367. The maximum Gasteiger partial charge on any atom is 0.460 e. The molecule has 0 radical (unpaired) electrons. The van der Waals surface area contributed by atoms with E-state index in [0.717, 1.165) is 0 Å². The van der Waals surface area contributed by atoms with Gasteiger partial charge in [0.25, 0.3) is 0 Å². The average Bonchev–Trinajstić information content (AvgIpc) is 2.14. The van der Waals surface area contributed by atoms with Crippen LogP contribution in [-0.4, -0.2) is 23.9 Å². The topological polar surface area (TPSA) is 38.4 Å². The van der Waals surface area contributed by atoms with Crippen molar-refractivity contribution in [2.75, 3.05) is 0 Å². The number of hydrogen-bond donors (Lipinski definition) is 1. The second kappa shape index (κ2) is 4.94. The minimum Gasteiger partial charge on any atom is -0.382 e. The number of nitrogens with zero attached hydrogens (tertiary/aromatic N) is 1. The maximum atomic E-state index is 12.9. The van der Waals surface area contributed by atoms with Gasteiger partial charge in [0.15, 0.2) is 5.84 Å². The van der Waals surface area contributed by atoms with Gasteiger partial charge in [-0.15, -0.1) is 0 Å². The highest BCUT2D eigenvalue weighted by Crippen LogP contribution is 2.46. The Kier molecular flexibility index (Phi) is 4.67. The molecule has 0 aliphatic rings. The zero-order valence-corrected chi connectivity index (χ0v) is 9.80. The van der Waals surface area contributed by atoms with Gasteiger partial charge in [-0.3, -0.25) is 0 Å². The van der Waals surface area contributed by atoms with E-state index in [2.05, 4.69) is 10.7 Å². The summed E-state index contributed by atoms with van der Waals surface area (Å²) >= 11 is 5.23. The van der Waals surface area contributed by atoms with Crippen LogP contribution < -0.4 is 5.73 Å². The van der Waals surface area contributed by atoms with Crippen molar-refractivity contribution in [2.24, 2.45) is 10.7 Å². The number of halogens is 8. The Balaban J connectivity index is 5.61.